The van der Waals surface area contributed by atoms with E-state index >= 15 is 0 Å². The Morgan fingerprint density at radius 2 is 1.89 bits per heavy atom. The average molecular weight is 132 g/mol. The Balaban J connectivity index is 3.15. The van der Waals surface area contributed by atoms with Crippen LogP contribution in [0.1, 0.15) is 6.42 Å². The van der Waals surface area contributed by atoms with Crippen molar-refractivity contribution in [3.05, 3.63) is 12.2 Å². The van der Waals surface area contributed by atoms with E-state index in [-0.39, 0.29) is 13.2 Å². The Bertz CT molecular complexity index is 80.4. The molecule has 0 spiro atoms. The van der Waals surface area contributed by atoms with Crippen LogP contribution in [0.15, 0.2) is 12.2 Å². The van der Waals surface area contributed by atoms with Gasteiger partial charge >= 0.3 is 0 Å². The second-order valence-corrected chi connectivity index (χ2v) is 1.73. The molecule has 0 radical (unpaired) electrons. The van der Waals surface area contributed by atoms with Crippen LogP contribution in [0.4, 0.5) is 0 Å². The third-order valence-corrected chi connectivity index (χ3v) is 0.891. The zero-order valence-corrected chi connectivity index (χ0v) is 5.20. The number of aliphatic hydroxyl groups excluding tert-OH is 3. The summed E-state index contributed by atoms with van der Waals surface area (Å²) in [5.41, 5.74) is 0. The Morgan fingerprint density at radius 1 is 1.22 bits per heavy atom. The smallest absolute Gasteiger partial charge is 0.0805 e. The second-order valence-electron chi connectivity index (χ2n) is 1.73. The standard InChI is InChI=1S/C6H12O3/c7-4-2-1-3-6(9)5-8/h1-2,6-9H,3-5H2. The van der Waals surface area contributed by atoms with E-state index in [0.29, 0.717) is 6.42 Å². The largest absolute Gasteiger partial charge is 0.394 e. The minimum Gasteiger partial charge on any atom is -0.394 e. The molecule has 0 aromatic heterocycles. The van der Waals surface area contributed by atoms with Crippen LogP contribution in [-0.4, -0.2) is 34.6 Å². The van der Waals surface area contributed by atoms with Crippen LogP contribution >= 0.6 is 0 Å². The van der Waals surface area contributed by atoms with E-state index in [1.54, 1.807) is 6.08 Å². The summed E-state index contributed by atoms with van der Waals surface area (Å²) >= 11 is 0. The van der Waals surface area contributed by atoms with Crippen LogP contribution < -0.4 is 0 Å². The molecule has 3 N–H and O–H groups in total. The molecule has 0 aromatic rings. The van der Waals surface area contributed by atoms with Crippen molar-refractivity contribution in [2.24, 2.45) is 0 Å². The molecular weight excluding hydrogens is 120 g/mol. The molecule has 3 nitrogen and oxygen atoms in total. The normalized spacial score (nSPS) is 14.6. The van der Waals surface area contributed by atoms with Crippen LogP contribution in [-0.2, 0) is 0 Å². The van der Waals surface area contributed by atoms with E-state index in [2.05, 4.69) is 0 Å². The maximum absolute atomic E-state index is 8.70. The summed E-state index contributed by atoms with van der Waals surface area (Å²) in [5, 5.41) is 25.2. The highest BCUT2D eigenvalue weighted by Crippen LogP contribution is 1.90. The Kier molecular flexibility index (Phi) is 5.51. The van der Waals surface area contributed by atoms with E-state index in [1.807, 2.05) is 0 Å². The fourth-order valence-corrected chi connectivity index (χ4v) is 0.402. The minimum absolute atomic E-state index is 0.0157. The monoisotopic (exact) mass is 132 g/mol. The molecule has 0 aliphatic carbocycles. The van der Waals surface area contributed by atoms with Gasteiger partial charge in [-0.15, -0.1) is 0 Å². The first-order valence-electron chi connectivity index (χ1n) is 2.86. The molecule has 0 aliphatic rings. The van der Waals surface area contributed by atoms with Gasteiger partial charge < -0.3 is 15.3 Å². The number of hydrogen-bond donors (Lipinski definition) is 3. The fraction of sp³-hybridized carbons (Fsp3) is 0.667. The summed E-state index contributed by atoms with van der Waals surface area (Å²) in [6, 6.07) is 0. The number of rotatable bonds is 4. The topological polar surface area (TPSA) is 60.7 Å². The molecule has 0 rings (SSSR count). The Labute approximate surface area is 54.3 Å². The second kappa shape index (κ2) is 5.75. The van der Waals surface area contributed by atoms with E-state index in [9.17, 15) is 0 Å². The summed E-state index contributed by atoms with van der Waals surface area (Å²) < 4.78 is 0. The third-order valence-electron chi connectivity index (χ3n) is 0.891. The van der Waals surface area contributed by atoms with Crippen LogP contribution in [0, 0.1) is 0 Å². The molecule has 0 fully saturated rings. The van der Waals surface area contributed by atoms with Gasteiger partial charge in [0.2, 0.25) is 0 Å². The maximum atomic E-state index is 8.70. The molecule has 1 unspecified atom stereocenters. The molecule has 0 aromatic carbocycles. The fourth-order valence-electron chi connectivity index (χ4n) is 0.402. The maximum Gasteiger partial charge on any atom is 0.0805 e. The third kappa shape index (κ3) is 5.49. The van der Waals surface area contributed by atoms with Crippen molar-refractivity contribution in [2.45, 2.75) is 12.5 Å². The summed E-state index contributed by atoms with van der Waals surface area (Å²) in [4.78, 5) is 0. The molecule has 0 bridgehead atoms. The van der Waals surface area contributed by atoms with Gasteiger partial charge in [-0.2, -0.15) is 0 Å². The highest BCUT2D eigenvalue weighted by molar-refractivity contribution is 4.82. The first-order chi connectivity index (χ1) is 4.31. The number of hydrogen-bond acceptors (Lipinski definition) is 3. The molecule has 0 aliphatic heterocycles. The van der Waals surface area contributed by atoms with Crippen LogP contribution in [0.2, 0.25) is 0 Å². The average Bonchev–Trinajstić information content (AvgIpc) is 1.89. The molecule has 3 heteroatoms. The molecule has 0 saturated heterocycles. The molecule has 9 heavy (non-hydrogen) atoms. The predicted molar refractivity (Wildman–Crippen MR) is 33.9 cm³/mol. The predicted octanol–water partition coefficient (Wildman–Crippen LogP) is -0.722. The lowest BCUT2D eigenvalue weighted by Crippen LogP contribution is -2.09. The van der Waals surface area contributed by atoms with E-state index in [4.69, 9.17) is 15.3 Å². The van der Waals surface area contributed by atoms with Gasteiger partial charge in [0.25, 0.3) is 0 Å². The lowest BCUT2D eigenvalue weighted by atomic mass is 10.2. The Morgan fingerprint density at radius 3 is 2.33 bits per heavy atom. The van der Waals surface area contributed by atoms with Crippen LogP contribution in [0.5, 0.6) is 0 Å². The SMILES string of the molecule is OCC=CCC(O)CO. The van der Waals surface area contributed by atoms with Gasteiger partial charge in [-0.1, -0.05) is 12.2 Å². The molecule has 54 valence electrons. The quantitative estimate of drug-likeness (QED) is 0.442. The van der Waals surface area contributed by atoms with Crippen molar-refractivity contribution in [3.63, 3.8) is 0 Å². The molecule has 0 heterocycles. The van der Waals surface area contributed by atoms with Crippen LogP contribution in [0.25, 0.3) is 0 Å². The van der Waals surface area contributed by atoms with Gasteiger partial charge in [0.05, 0.1) is 19.3 Å². The summed E-state index contributed by atoms with van der Waals surface area (Å²) in [7, 11) is 0. The highest BCUT2D eigenvalue weighted by Gasteiger charge is 1.95. The van der Waals surface area contributed by atoms with E-state index in [0.717, 1.165) is 0 Å². The summed E-state index contributed by atoms with van der Waals surface area (Å²) in [6.45, 7) is -0.242. The lowest BCUT2D eigenvalue weighted by molar-refractivity contribution is 0.0975. The van der Waals surface area contributed by atoms with E-state index < -0.39 is 6.10 Å². The highest BCUT2D eigenvalue weighted by atomic mass is 16.3. The summed E-state index contributed by atoms with van der Waals surface area (Å²) in [6.07, 6.45) is 2.87. The van der Waals surface area contributed by atoms with Gasteiger partial charge in [-0.05, 0) is 6.42 Å². The number of aliphatic hydroxyl groups is 3. The summed E-state index contributed by atoms with van der Waals surface area (Å²) in [5.74, 6) is 0. The van der Waals surface area contributed by atoms with Gasteiger partial charge in [0, 0.05) is 0 Å². The molecule has 1 atom stereocenters. The Hall–Kier alpha value is -0.380. The van der Waals surface area contributed by atoms with Crippen molar-refractivity contribution >= 4 is 0 Å². The molecular formula is C6H12O3. The zero-order chi connectivity index (χ0) is 7.11. The molecule has 0 amide bonds. The van der Waals surface area contributed by atoms with Crippen molar-refractivity contribution in [1.82, 2.24) is 0 Å². The lowest BCUT2D eigenvalue weighted by Gasteiger charge is -1.99. The van der Waals surface area contributed by atoms with Crippen molar-refractivity contribution in [3.8, 4) is 0 Å². The van der Waals surface area contributed by atoms with Crippen molar-refractivity contribution in [2.75, 3.05) is 13.2 Å². The van der Waals surface area contributed by atoms with Crippen molar-refractivity contribution < 1.29 is 15.3 Å². The first kappa shape index (κ1) is 8.62. The van der Waals surface area contributed by atoms with Gasteiger partial charge in [0.1, 0.15) is 0 Å². The van der Waals surface area contributed by atoms with Gasteiger partial charge in [-0.3, -0.25) is 0 Å². The molecule has 0 saturated carbocycles. The van der Waals surface area contributed by atoms with Crippen molar-refractivity contribution in [1.29, 1.82) is 0 Å². The van der Waals surface area contributed by atoms with Crippen LogP contribution in [0.3, 0.4) is 0 Å². The minimum atomic E-state index is -0.687. The van der Waals surface area contributed by atoms with Gasteiger partial charge in [0.15, 0.2) is 0 Å². The first-order valence-corrected chi connectivity index (χ1v) is 2.86. The zero-order valence-electron chi connectivity index (χ0n) is 5.20. The van der Waals surface area contributed by atoms with Gasteiger partial charge in [-0.25, -0.2) is 0 Å². The van der Waals surface area contributed by atoms with E-state index in [1.165, 1.54) is 6.08 Å².